The maximum Gasteiger partial charge on any atom is 0.271 e. The average Bonchev–Trinajstić information content (AvgIpc) is 2.92. The summed E-state index contributed by atoms with van der Waals surface area (Å²) in [6.07, 6.45) is 0. The molecule has 1 aromatic heterocycles. The summed E-state index contributed by atoms with van der Waals surface area (Å²) in [5.41, 5.74) is 2.07. The Morgan fingerprint density at radius 3 is 2.22 bits per heavy atom. The van der Waals surface area contributed by atoms with Crippen molar-refractivity contribution >= 4 is 11.6 Å². The molecule has 0 unspecified atom stereocenters. The van der Waals surface area contributed by atoms with Crippen LogP contribution in [0.5, 0.6) is 23.1 Å². The molecule has 0 spiro atoms. The van der Waals surface area contributed by atoms with Crippen LogP contribution < -0.4 is 29.8 Å². The highest BCUT2D eigenvalue weighted by Crippen LogP contribution is 2.30. The molecule has 4 rings (SSSR count). The van der Waals surface area contributed by atoms with E-state index in [0.29, 0.717) is 34.3 Å². The van der Waals surface area contributed by atoms with Gasteiger partial charge in [0, 0.05) is 29.4 Å². The van der Waals surface area contributed by atoms with Crippen LogP contribution in [0.15, 0.2) is 83.7 Å². The number of nitrogens with zero attached hydrogens (tertiary/aromatic N) is 2. The summed E-state index contributed by atoms with van der Waals surface area (Å²) >= 11 is 0. The predicted molar refractivity (Wildman–Crippen MR) is 135 cm³/mol. The van der Waals surface area contributed by atoms with Crippen molar-refractivity contribution in [3.8, 4) is 28.8 Å². The van der Waals surface area contributed by atoms with Gasteiger partial charge in [0.05, 0.1) is 27.0 Å². The van der Waals surface area contributed by atoms with Crippen LogP contribution in [0.4, 0.5) is 5.69 Å². The molecular formula is C27H25N3O6. The van der Waals surface area contributed by atoms with Crippen LogP contribution in [-0.4, -0.2) is 37.0 Å². The Kier molecular flexibility index (Phi) is 7.50. The van der Waals surface area contributed by atoms with Crippen molar-refractivity contribution in [2.75, 3.05) is 26.6 Å². The standard InChI is InChI=1S/C27H25N3O6/c1-33-22-11-4-18(5-12-22)17-36-25-14-15-26(31)30(29-25)21-9-6-19(7-10-21)27(32)28-20-8-13-23(34-2)24(16-20)35-3/h4-16H,17H2,1-3H3,(H,28,32). The second-order valence-corrected chi connectivity index (χ2v) is 7.63. The minimum Gasteiger partial charge on any atom is -0.497 e. The van der Waals surface area contributed by atoms with E-state index in [1.165, 1.54) is 23.9 Å². The third kappa shape index (κ3) is 5.64. The van der Waals surface area contributed by atoms with Crippen LogP contribution in [0.1, 0.15) is 15.9 Å². The molecule has 36 heavy (non-hydrogen) atoms. The number of aromatic nitrogens is 2. The Balaban J connectivity index is 1.45. The lowest BCUT2D eigenvalue weighted by molar-refractivity contribution is 0.102. The van der Waals surface area contributed by atoms with Gasteiger partial charge in [0.25, 0.3) is 11.5 Å². The number of carbonyl (C=O) groups is 1. The van der Waals surface area contributed by atoms with Gasteiger partial charge in [-0.25, -0.2) is 0 Å². The van der Waals surface area contributed by atoms with Gasteiger partial charge in [-0.1, -0.05) is 12.1 Å². The first kappa shape index (κ1) is 24.3. The number of anilines is 1. The molecule has 0 saturated carbocycles. The van der Waals surface area contributed by atoms with Crippen LogP contribution in [0, 0.1) is 0 Å². The van der Waals surface area contributed by atoms with Gasteiger partial charge in [0.1, 0.15) is 12.4 Å². The van der Waals surface area contributed by atoms with Gasteiger partial charge < -0.3 is 24.3 Å². The summed E-state index contributed by atoms with van der Waals surface area (Å²) in [4.78, 5) is 25.1. The molecule has 0 aliphatic rings. The lowest BCUT2D eigenvalue weighted by Gasteiger charge is -2.11. The molecule has 0 saturated heterocycles. The summed E-state index contributed by atoms with van der Waals surface area (Å²) in [5.74, 6) is 1.80. The van der Waals surface area contributed by atoms with Gasteiger partial charge in [-0.3, -0.25) is 9.59 Å². The van der Waals surface area contributed by atoms with Gasteiger partial charge in [0.2, 0.25) is 5.88 Å². The van der Waals surface area contributed by atoms with E-state index in [2.05, 4.69) is 10.4 Å². The third-order valence-electron chi connectivity index (χ3n) is 5.34. The number of methoxy groups -OCH3 is 3. The van der Waals surface area contributed by atoms with Gasteiger partial charge in [-0.05, 0) is 54.1 Å². The summed E-state index contributed by atoms with van der Waals surface area (Å²) < 4.78 is 22.6. The van der Waals surface area contributed by atoms with E-state index in [4.69, 9.17) is 18.9 Å². The zero-order chi connectivity index (χ0) is 25.5. The minimum atomic E-state index is -0.325. The topological polar surface area (TPSA) is 101 Å². The first-order valence-corrected chi connectivity index (χ1v) is 11.0. The van der Waals surface area contributed by atoms with Crippen molar-refractivity contribution in [1.82, 2.24) is 9.78 Å². The van der Waals surface area contributed by atoms with Crippen molar-refractivity contribution < 1.29 is 23.7 Å². The number of benzene rings is 3. The van der Waals surface area contributed by atoms with E-state index in [1.54, 1.807) is 56.7 Å². The second kappa shape index (κ2) is 11.1. The number of ether oxygens (including phenoxy) is 4. The van der Waals surface area contributed by atoms with Crippen LogP contribution in [0.3, 0.4) is 0 Å². The first-order chi connectivity index (χ1) is 17.5. The summed E-state index contributed by atoms with van der Waals surface area (Å²) in [6, 6.07) is 22.0. The third-order valence-corrected chi connectivity index (χ3v) is 5.34. The summed E-state index contributed by atoms with van der Waals surface area (Å²) in [5, 5.41) is 7.12. The molecule has 9 nitrogen and oxygen atoms in total. The molecule has 0 aliphatic heterocycles. The minimum absolute atomic E-state index is 0.282. The number of nitrogens with one attached hydrogen (secondary N) is 1. The molecule has 4 aromatic rings. The average molecular weight is 488 g/mol. The van der Waals surface area contributed by atoms with E-state index < -0.39 is 0 Å². The Bertz CT molecular complexity index is 1400. The Morgan fingerprint density at radius 1 is 0.833 bits per heavy atom. The largest absolute Gasteiger partial charge is 0.497 e. The zero-order valence-corrected chi connectivity index (χ0v) is 20.1. The molecule has 0 radical (unpaired) electrons. The second-order valence-electron chi connectivity index (χ2n) is 7.63. The molecule has 1 amide bonds. The number of carbonyl (C=O) groups excluding carboxylic acids is 1. The molecule has 1 N–H and O–H groups in total. The molecule has 0 atom stereocenters. The molecule has 184 valence electrons. The van der Waals surface area contributed by atoms with Crippen molar-refractivity contribution in [2.24, 2.45) is 0 Å². The Hall–Kier alpha value is -4.79. The Morgan fingerprint density at radius 2 is 1.56 bits per heavy atom. The van der Waals surface area contributed by atoms with Gasteiger partial charge in [-0.2, -0.15) is 4.68 Å². The van der Waals surface area contributed by atoms with Gasteiger partial charge >= 0.3 is 0 Å². The SMILES string of the molecule is COc1ccc(COc2ccc(=O)n(-c3ccc(C(=O)Nc4ccc(OC)c(OC)c4)cc3)n2)cc1. The number of hydrogen-bond acceptors (Lipinski definition) is 7. The van der Waals surface area contributed by atoms with Gasteiger partial charge in [0.15, 0.2) is 11.5 Å². The summed E-state index contributed by atoms with van der Waals surface area (Å²) in [6.45, 7) is 0.282. The Labute approximate surface area is 207 Å². The van der Waals surface area contributed by atoms with Crippen LogP contribution in [-0.2, 0) is 6.61 Å². The fourth-order valence-corrected chi connectivity index (χ4v) is 3.41. The monoisotopic (exact) mass is 487 g/mol. The van der Waals surface area contributed by atoms with E-state index in [0.717, 1.165) is 11.3 Å². The molecule has 0 bridgehead atoms. The maximum absolute atomic E-state index is 12.7. The van der Waals surface area contributed by atoms with E-state index in [9.17, 15) is 9.59 Å². The number of amides is 1. The smallest absolute Gasteiger partial charge is 0.271 e. The summed E-state index contributed by atoms with van der Waals surface area (Å²) in [7, 11) is 4.67. The fraction of sp³-hybridized carbons (Fsp3) is 0.148. The van der Waals surface area contributed by atoms with Crippen molar-refractivity contribution in [1.29, 1.82) is 0 Å². The van der Waals surface area contributed by atoms with Gasteiger partial charge in [-0.15, -0.1) is 5.10 Å². The normalized spacial score (nSPS) is 10.4. The highest BCUT2D eigenvalue weighted by Gasteiger charge is 2.11. The van der Waals surface area contributed by atoms with Crippen LogP contribution in [0.2, 0.25) is 0 Å². The molecular weight excluding hydrogens is 462 g/mol. The number of hydrogen-bond donors (Lipinski definition) is 1. The van der Waals surface area contributed by atoms with Crippen LogP contribution in [0.25, 0.3) is 5.69 Å². The van der Waals surface area contributed by atoms with E-state index in [-0.39, 0.29) is 18.1 Å². The maximum atomic E-state index is 12.7. The molecule has 0 aliphatic carbocycles. The highest BCUT2D eigenvalue weighted by molar-refractivity contribution is 6.04. The molecule has 3 aromatic carbocycles. The van der Waals surface area contributed by atoms with Crippen molar-refractivity contribution in [3.63, 3.8) is 0 Å². The van der Waals surface area contributed by atoms with E-state index >= 15 is 0 Å². The lowest BCUT2D eigenvalue weighted by atomic mass is 10.2. The lowest BCUT2D eigenvalue weighted by Crippen LogP contribution is -2.20. The molecule has 0 fully saturated rings. The molecule has 1 heterocycles. The highest BCUT2D eigenvalue weighted by atomic mass is 16.5. The predicted octanol–water partition coefficient (Wildman–Crippen LogP) is 4.09. The molecule has 9 heteroatoms. The van der Waals surface area contributed by atoms with E-state index in [1.807, 2.05) is 24.3 Å². The van der Waals surface area contributed by atoms with Crippen molar-refractivity contribution in [2.45, 2.75) is 6.61 Å². The number of rotatable bonds is 9. The fourth-order valence-electron chi connectivity index (χ4n) is 3.41. The van der Waals surface area contributed by atoms with Crippen molar-refractivity contribution in [3.05, 3.63) is 100 Å². The quantitative estimate of drug-likeness (QED) is 0.380. The first-order valence-electron chi connectivity index (χ1n) is 11.0. The zero-order valence-electron chi connectivity index (χ0n) is 20.1. The van der Waals surface area contributed by atoms with Crippen LogP contribution >= 0.6 is 0 Å².